The van der Waals surface area contributed by atoms with Gasteiger partial charge in [0, 0.05) is 19.1 Å². The summed E-state index contributed by atoms with van der Waals surface area (Å²) in [5.41, 5.74) is 1.84. The summed E-state index contributed by atoms with van der Waals surface area (Å²) in [6.45, 7) is 8.31. The Morgan fingerprint density at radius 3 is 2.22 bits per heavy atom. The number of Topliss-reactive ketones (excluding diaryl/α,β-unsaturated/α-hetero) is 1. The third-order valence-corrected chi connectivity index (χ3v) is 3.41. The van der Waals surface area contributed by atoms with Crippen LogP contribution < -0.4 is 0 Å². The quantitative estimate of drug-likeness (QED) is 0.705. The summed E-state index contributed by atoms with van der Waals surface area (Å²) in [6, 6.07) is 7.94. The molecule has 0 unspecified atom stereocenters. The number of hydrogen-bond acceptors (Lipinski definition) is 2. The van der Waals surface area contributed by atoms with Gasteiger partial charge in [0.25, 0.3) is 0 Å². The van der Waals surface area contributed by atoms with Crippen molar-refractivity contribution in [3.63, 3.8) is 0 Å². The molecule has 0 fully saturated rings. The predicted octanol–water partition coefficient (Wildman–Crippen LogP) is 4.20. The highest BCUT2D eigenvalue weighted by Crippen LogP contribution is 2.19. The van der Waals surface area contributed by atoms with Crippen LogP contribution in [0.4, 0.5) is 0 Å². The average Bonchev–Trinajstić information content (AvgIpc) is 2.36. The van der Waals surface area contributed by atoms with Gasteiger partial charge in [0.2, 0.25) is 0 Å². The van der Waals surface area contributed by atoms with Crippen molar-refractivity contribution in [2.75, 3.05) is 7.11 Å². The zero-order valence-corrected chi connectivity index (χ0v) is 12.1. The molecular formula is C16H24O2. The number of carbonyl (C=O) groups excluding carboxylic acids is 1. The number of rotatable bonds is 6. The first-order valence-electron chi connectivity index (χ1n) is 6.54. The molecule has 0 heterocycles. The Kier molecular flexibility index (Phi) is 5.09. The maximum atomic E-state index is 12.0. The van der Waals surface area contributed by atoms with Crippen LogP contribution in [0.3, 0.4) is 0 Å². The Hall–Kier alpha value is -1.15. The second kappa shape index (κ2) is 6.14. The van der Waals surface area contributed by atoms with Crippen molar-refractivity contribution in [1.82, 2.24) is 0 Å². The molecular weight excluding hydrogens is 224 g/mol. The number of methoxy groups -OCH3 is 1. The van der Waals surface area contributed by atoms with Gasteiger partial charge in [-0.15, -0.1) is 0 Å². The summed E-state index contributed by atoms with van der Waals surface area (Å²) in [5, 5.41) is 0. The minimum atomic E-state index is -0.229. The lowest BCUT2D eigenvalue weighted by atomic mass is 9.96. The number of ketones is 1. The molecule has 0 aromatic heterocycles. The van der Waals surface area contributed by atoms with Crippen LogP contribution in [0.2, 0.25) is 0 Å². The summed E-state index contributed by atoms with van der Waals surface area (Å²) in [5.74, 6) is 0.692. The molecule has 0 aliphatic carbocycles. The minimum absolute atomic E-state index is 0.190. The molecule has 0 saturated carbocycles. The molecule has 0 amide bonds. The van der Waals surface area contributed by atoms with Crippen LogP contribution in [0, 0.1) is 0 Å². The van der Waals surface area contributed by atoms with Gasteiger partial charge in [0.05, 0.1) is 5.60 Å². The van der Waals surface area contributed by atoms with E-state index < -0.39 is 0 Å². The molecule has 0 aliphatic heterocycles. The van der Waals surface area contributed by atoms with E-state index in [9.17, 15) is 4.79 Å². The number of hydrogen-bond donors (Lipinski definition) is 0. The number of benzene rings is 1. The maximum Gasteiger partial charge on any atom is 0.162 e. The first-order valence-corrected chi connectivity index (χ1v) is 6.54. The topological polar surface area (TPSA) is 26.3 Å². The van der Waals surface area contributed by atoms with Gasteiger partial charge in [-0.25, -0.2) is 0 Å². The van der Waals surface area contributed by atoms with Gasteiger partial charge in [-0.3, -0.25) is 4.79 Å². The number of carbonyl (C=O) groups is 1. The highest BCUT2D eigenvalue weighted by atomic mass is 16.5. The zero-order chi connectivity index (χ0) is 13.8. The fraction of sp³-hybridized carbons (Fsp3) is 0.562. The highest BCUT2D eigenvalue weighted by Gasteiger charge is 2.18. The van der Waals surface area contributed by atoms with Crippen LogP contribution in [-0.4, -0.2) is 18.5 Å². The molecule has 2 heteroatoms. The first-order chi connectivity index (χ1) is 8.35. The summed E-state index contributed by atoms with van der Waals surface area (Å²) < 4.78 is 5.32. The van der Waals surface area contributed by atoms with E-state index in [0.717, 1.165) is 12.0 Å². The van der Waals surface area contributed by atoms with Crippen LogP contribution in [0.25, 0.3) is 0 Å². The minimum Gasteiger partial charge on any atom is -0.379 e. The van der Waals surface area contributed by atoms with Gasteiger partial charge in [-0.1, -0.05) is 38.1 Å². The Morgan fingerprint density at radius 1 is 1.22 bits per heavy atom. The van der Waals surface area contributed by atoms with Crippen LogP contribution in [0.15, 0.2) is 24.3 Å². The number of ether oxygens (including phenoxy) is 1. The second-order valence-corrected chi connectivity index (χ2v) is 5.66. The second-order valence-electron chi connectivity index (χ2n) is 5.66. The van der Waals surface area contributed by atoms with Crippen molar-refractivity contribution in [1.29, 1.82) is 0 Å². The molecule has 18 heavy (non-hydrogen) atoms. The summed E-state index contributed by atoms with van der Waals surface area (Å²) in [6.07, 6.45) is 1.27. The summed E-state index contributed by atoms with van der Waals surface area (Å²) in [4.78, 5) is 12.0. The van der Waals surface area contributed by atoms with Gasteiger partial charge >= 0.3 is 0 Å². The maximum absolute atomic E-state index is 12.0. The van der Waals surface area contributed by atoms with Crippen molar-refractivity contribution in [2.45, 2.75) is 52.1 Å². The molecule has 0 atom stereocenters. The first kappa shape index (κ1) is 14.9. The molecule has 0 radical (unpaired) electrons. The van der Waals surface area contributed by atoms with Gasteiger partial charge in [0.1, 0.15) is 0 Å². The van der Waals surface area contributed by atoms with E-state index in [4.69, 9.17) is 4.74 Å². The van der Waals surface area contributed by atoms with E-state index in [1.54, 1.807) is 7.11 Å². The molecule has 0 bridgehead atoms. The Bertz CT molecular complexity index is 388. The largest absolute Gasteiger partial charge is 0.379 e. The third-order valence-electron chi connectivity index (χ3n) is 3.41. The van der Waals surface area contributed by atoms with E-state index in [1.807, 2.05) is 38.1 Å². The van der Waals surface area contributed by atoms with Crippen molar-refractivity contribution in [2.24, 2.45) is 0 Å². The van der Waals surface area contributed by atoms with Crippen molar-refractivity contribution >= 4 is 5.78 Å². The highest BCUT2D eigenvalue weighted by molar-refractivity contribution is 5.96. The molecule has 0 spiro atoms. The lowest BCUT2D eigenvalue weighted by Crippen LogP contribution is -2.23. The van der Waals surface area contributed by atoms with Crippen molar-refractivity contribution in [3.8, 4) is 0 Å². The fourth-order valence-corrected chi connectivity index (χ4v) is 1.71. The lowest BCUT2D eigenvalue weighted by molar-refractivity contribution is 0.0141. The molecule has 0 aliphatic rings. The third kappa shape index (κ3) is 4.26. The molecule has 1 aromatic carbocycles. The van der Waals surface area contributed by atoms with Crippen molar-refractivity contribution < 1.29 is 9.53 Å². The predicted molar refractivity (Wildman–Crippen MR) is 75.2 cm³/mol. The van der Waals surface area contributed by atoms with Gasteiger partial charge in [-0.2, -0.15) is 0 Å². The summed E-state index contributed by atoms with van der Waals surface area (Å²) in [7, 11) is 1.68. The van der Waals surface area contributed by atoms with Crippen LogP contribution >= 0.6 is 0 Å². The fourth-order valence-electron chi connectivity index (χ4n) is 1.71. The molecule has 1 rings (SSSR count). The van der Waals surface area contributed by atoms with E-state index >= 15 is 0 Å². The standard InChI is InChI=1S/C16H24O2/c1-12(2)13-6-8-14(9-7-13)15(17)10-11-16(3,4)18-5/h6-9,12H,10-11H2,1-5H3. The van der Waals surface area contributed by atoms with E-state index in [1.165, 1.54) is 5.56 Å². The van der Waals surface area contributed by atoms with Gasteiger partial charge in [-0.05, 0) is 31.7 Å². The SMILES string of the molecule is COC(C)(C)CCC(=O)c1ccc(C(C)C)cc1. The lowest BCUT2D eigenvalue weighted by Gasteiger charge is -2.22. The molecule has 100 valence electrons. The molecule has 2 nitrogen and oxygen atoms in total. The normalized spacial score (nSPS) is 11.9. The van der Waals surface area contributed by atoms with E-state index in [0.29, 0.717) is 12.3 Å². The van der Waals surface area contributed by atoms with Crippen LogP contribution in [0.1, 0.15) is 62.4 Å². The molecule has 0 saturated heterocycles. The van der Waals surface area contributed by atoms with Gasteiger partial charge < -0.3 is 4.74 Å². The van der Waals surface area contributed by atoms with Crippen LogP contribution in [0.5, 0.6) is 0 Å². The molecule has 0 N–H and O–H groups in total. The summed E-state index contributed by atoms with van der Waals surface area (Å²) >= 11 is 0. The van der Waals surface area contributed by atoms with Gasteiger partial charge in [0.15, 0.2) is 5.78 Å². The Morgan fingerprint density at radius 2 is 1.78 bits per heavy atom. The Balaban J connectivity index is 2.62. The monoisotopic (exact) mass is 248 g/mol. The average molecular weight is 248 g/mol. The van der Waals surface area contributed by atoms with E-state index in [2.05, 4.69) is 13.8 Å². The van der Waals surface area contributed by atoms with Crippen molar-refractivity contribution in [3.05, 3.63) is 35.4 Å². The molecule has 1 aromatic rings. The smallest absolute Gasteiger partial charge is 0.162 e. The Labute approximate surface area is 110 Å². The zero-order valence-electron chi connectivity index (χ0n) is 12.1. The van der Waals surface area contributed by atoms with E-state index in [-0.39, 0.29) is 11.4 Å². The van der Waals surface area contributed by atoms with Crippen LogP contribution in [-0.2, 0) is 4.74 Å².